The van der Waals surface area contributed by atoms with Crippen LogP contribution in [0.5, 0.6) is 11.5 Å². The van der Waals surface area contributed by atoms with Crippen LogP contribution in [0.4, 0.5) is 5.69 Å². The Kier molecular flexibility index (Phi) is 7.83. The minimum atomic E-state index is -0.872. The summed E-state index contributed by atoms with van der Waals surface area (Å²) in [5.74, 6) is -0.591. The van der Waals surface area contributed by atoms with Crippen molar-refractivity contribution in [3.8, 4) is 11.5 Å². The number of carbonyl (C=O) groups is 1. The van der Waals surface area contributed by atoms with Gasteiger partial charge in [-0.15, -0.1) is 0 Å². The van der Waals surface area contributed by atoms with E-state index in [1.54, 1.807) is 38.1 Å². The van der Waals surface area contributed by atoms with Gasteiger partial charge in [0.2, 0.25) is 5.75 Å². The number of rotatable bonds is 7. The van der Waals surface area contributed by atoms with Gasteiger partial charge in [-0.05, 0) is 67.4 Å². The molecule has 1 N–H and O–H groups in total. The Balaban J connectivity index is 1.99. The molecule has 4 rings (SSSR count). The summed E-state index contributed by atoms with van der Waals surface area (Å²) in [6, 6.07) is 8.94. The first-order valence-electron chi connectivity index (χ1n) is 11.7. The second kappa shape index (κ2) is 10.9. The monoisotopic (exact) mass is 601 g/mol. The topological polar surface area (TPSA) is 133 Å². The number of nitro groups is 1. The molecule has 0 amide bonds. The predicted molar refractivity (Wildman–Crippen MR) is 145 cm³/mol. The van der Waals surface area contributed by atoms with Crippen LogP contribution in [0.25, 0.3) is 6.08 Å². The summed E-state index contributed by atoms with van der Waals surface area (Å²) in [5, 5.41) is 21.4. The van der Waals surface area contributed by atoms with Crippen molar-refractivity contribution in [3.05, 3.63) is 93.1 Å². The van der Waals surface area contributed by atoms with E-state index in [1.807, 2.05) is 13.8 Å². The molecule has 0 bridgehead atoms. The van der Waals surface area contributed by atoms with E-state index < -0.39 is 33.9 Å². The van der Waals surface area contributed by atoms with E-state index in [-0.39, 0.29) is 27.3 Å². The Morgan fingerprint density at radius 3 is 2.71 bits per heavy atom. The fraction of sp³-hybridized carbons (Fsp3) is 0.269. The fourth-order valence-corrected chi connectivity index (χ4v) is 5.65. The van der Waals surface area contributed by atoms with Gasteiger partial charge in [-0.2, -0.15) is 0 Å². The van der Waals surface area contributed by atoms with Gasteiger partial charge in [0.25, 0.3) is 5.56 Å². The Bertz CT molecular complexity index is 1660. The van der Waals surface area contributed by atoms with E-state index in [9.17, 15) is 24.8 Å². The van der Waals surface area contributed by atoms with Crippen molar-refractivity contribution in [1.29, 1.82) is 0 Å². The van der Waals surface area contributed by atoms with Gasteiger partial charge in [-0.25, -0.2) is 9.79 Å². The number of thiazole rings is 1. The van der Waals surface area contributed by atoms with Crippen LogP contribution in [0.2, 0.25) is 0 Å². The molecule has 0 saturated carbocycles. The third-order valence-corrected chi connectivity index (χ3v) is 7.24. The molecular formula is C26H24BrN3O7S. The highest BCUT2D eigenvalue weighted by Crippen LogP contribution is 2.37. The number of esters is 1. The maximum absolute atomic E-state index is 13.8. The van der Waals surface area contributed by atoms with Crippen molar-refractivity contribution in [2.75, 3.05) is 6.61 Å². The van der Waals surface area contributed by atoms with Crippen molar-refractivity contribution in [2.24, 2.45) is 4.99 Å². The highest BCUT2D eigenvalue weighted by Gasteiger charge is 2.35. The second-order valence-corrected chi connectivity index (χ2v) is 10.5. The predicted octanol–water partition coefficient (Wildman–Crippen LogP) is 3.96. The number of aromatic hydroxyl groups is 1. The molecule has 2 heterocycles. The number of hydrogen-bond acceptors (Lipinski definition) is 9. The average Bonchev–Trinajstić information content (AvgIpc) is 3.14. The molecule has 0 unspecified atom stereocenters. The van der Waals surface area contributed by atoms with Gasteiger partial charge >= 0.3 is 11.7 Å². The van der Waals surface area contributed by atoms with Crippen LogP contribution in [0, 0.1) is 10.1 Å². The highest BCUT2D eigenvalue weighted by atomic mass is 79.9. The van der Waals surface area contributed by atoms with E-state index in [1.165, 1.54) is 22.8 Å². The van der Waals surface area contributed by atoms with Crippen molar-refractivity contribution < 1.29 is 24.3 Å². The Hall–Kier alpha value is -3.77. The second-order valence-electron chi connectivity index (χ2n) is 8.63. The molecule has 0 radical (unpaired) electrons. The van der Waals surface area contributed by atoms with E-state index in [0.717, 1.165) is 11.3 Å². The van der Waals surface area contributed by atoms with Gasteiger partial charge in [-0.3, -0.25) is 19.5 Å². The first-order valence-corrected chi connectivity index (χ1v) is 13.3. The van der Waals surface area contributed by atoms with Crippen molar-refractivity contribution in [3.63, 3.8) is 0 Å². The number of carbonyl (C=O) groups excluding carboxylic acids is 1. The van der Waals surface area contributed by atoms with E-state index in [0.29, 0.717) is 27.4 Å². The summed E-state index contributed by atoms with van der Waals surface area (Å²) < 4.78 is 13.1. The van der Waals surface area contributed by atoms with Crippen LogP contribution in [0.3, 0.4) is 0 Å². The number of fused-ring (bicyclic) bond motifs is 1. The summed E-state index contributed by atoms with van der Waals surface area (Å²) in [4.78, 5) is 42.5. The molecule has 0 spiro atoms. The molecule has 38 heavy (non-hydrogen) atoms. The summed E-state index contributed by atoms with van der Waals surface area (Å²) >= 11 is 4.21. The number of ether oxygens (including phenoxy) is 2. The number of nitro benzene ring substituents is 1. The van der Waals surface area contributed by atoms with Crippen LogP contribution in [-0.4, -0.2) is 33.3 Å². The molecule has 2 aromatic carbocycles. The number of phenols is 1. The number of allylic oxidation sites excluding steroid dienone is 1. The van der Waals surface area contributed by atoms with Gasteiger partial charge < -0.3 is 14.6 Å². The smallest absolute Gasteiger partial charge is 0.338 e. The molecule has 0 fully saturated rings. The van der Waals surface area contributed by atoms with Crippen LogP contribution in [0.1, 0.15) is 44.9 Å². The van der Waals surface area contributed by atoms with Gasteiger partial charge in [0.1, 0.15) is 11.8 Å². The molecule has 1 aliphatic rings. The summed E-state index contributed by atoms with van der Waals surface area (Å²) in [6.07, 6.45) is 1.32. The molecule has 0 aliphatic carbocycles. The van der Waals surface area contributed by atoms with Gasteiger partial charge in [0.05, 0.1) is 37.9 Å². The number of benzene rings is 2. The Morgan fingerprint density at radius 2 is 2.05 bits per heavy atom. The van der Waals surface area contributed by atoms with Crippen LogP contribution < -0.4 is 19.6 Å². The first kappa shape index (κ1) is 27.3. The lowest BCUT2D eigenvalue weighted by molar-refractivity contribution is -0.386. The fourth-order valence-electron chi connectivity index (χ4n) is 4.13. The Morgan fingerprint density at radius 1 is 1.34 bits per heavy atom. The zero-order valence-corrected chi connectivity index (χ0v) is 23.3. The normalized spacial score (nSPS) is 15.3. The zero-order valence-electron chi connectivity index (χ0n) is 20.9. The lowest BCUT2D eigenvalue weighted by Gasteiger charge is -2.26. The van der Waals surface area contributed by atoms with E-state index in [2.05, 4.69) is 20.9 Å². The standard InChI is InChI=1S/C26H24BrN3O7S/c1-5-36-25(33)21-14(4)28-26-29(22(21)16-8-6-7-9-19(16)37-13(2)3)24(32)20(38-26)12-15-10-17(27)23(31)18(11-15)30(34)35/h6-13,22,31H,5H2,1-4H3/b20-12+/t22-/m1/s1. The number of phenolic OH excluding ortho intramolecular Hbond substituents is 1. The molecular weight excluding hydrogens is 578 g/mol. The van der Waals surface area contributed by atoms with Crippen LogP contribution in [0.15, 0.2) is 61.9 Å². The summed E-state index contributed by atoms with van der Waals surface area (Å²) in [7, 11) is 0. The SMILES string of the molecule is CCOC(=O)C1=C(C)N=c2s/c(=C/c3cc(Br)c(O)c([N+](=O)[O-])c3)c(=O)n2[C@@H]1c1ccccc1OC(C)C. The van der Waals surface area contributed by atoms with Gasteiger partial charge in [-0.1, -0.05) is 29.5 Å². The molecule has 10 nitrogen and oxygen atoms in total. The van der Waals surface area contributed by atoms with E-state index >= 15 is 0 Å². The lowest BCUT2D eigenvalue weighted by atomic mass is 9.95. The van der Waals surface area contributed by atoms with Gasteiger partial charge in [0, 0.05) is 11.6 Å². The number of hydrogen-bond donors (Lipinski definition) is 1. The third kappa shape index (κ3) is 5.14. The number of para-hydroxylation sites is 1. The zero-order chi connectivity index (χ0) is 27.7. The number of halogens is 1. The third-order valence-electron chi connectivity index (χ3n) is 5.65. The highest BCUT2D eigenvalue weighted by molar-refractivity contribution is 9.10. The minimum Gasteiger partial charge on any atom is -0.501 e. The maximum atomic E-state index is 13.8. The van der Waals surface area contributed by atoms with Crippen molar-refractivity contribution in [2.45, 2.75) is 39.8 Å². The van der Waals surface area contributed by atoms with Gasteiger partial charge in [0.15, 0.2) is 4.80 Å². The molecule has 1 aliphatic heterocycles. The van der Waals surface area contributed by atoms with Crippen molar-refractivity contribution in [1.82, 2.24) is 4.57 Å². The number of nitrogens with zero attached hydrogens (tertiary/aromatic N) is 3. The molecule has 1 aromatic heterocycles. The minimum absolute atomic E-state index is 0.115. The average molecular weight is 602 g/mol. The molecule has 198 valence electrons. The molecule has 3 aromatic rings. The molecule has 0 saturated heterocycles. The van der Waals surface area contributed by atoms with E-state index in [4.69, 9.17) is 9.47 Å². The first-order chi connectivity index (χ1) is 18.0. The van der Waals surface area contributed by atoms with Crippen molar-refractivity contribution >= 4 is 45.0 Å². The summed E-state index contributed by atoms with van der Waals surface area (Å²) in [6.45, 7) is 7.28. The number of aromatic nitrogens is 1. The molecule has 1 atom stereocenters. The maximum Gasteiger partial charge on any atom is 0.338 e. The largest absolute Gasteiger partial charge is 0.501 e. The quantitative estimate of drug-likeness (QED) is 0.246. The van der Waals surface area contributed by atoms with Crippen LogP contribution in [-0.2, 0) is 9.53 Å². The summed E-state index contributed by atoms with van der Waals surface area (Å²) in [5.41, 5.74) is 0.593. The Labute approximate surface area is 229 Å². The lowest BCUT2D eigenvalue weighted by Crippen LogP contribution is -2.40. The molecule has 12 heteroatoms. The van der Waals surface area contributed by atoms with Crippen LogP contribution >= 0.6 is 27.3 Å².